The van der Waals surface area contributed by atoms with Gasteiger partial charge in [-0.3, -0.25) is 9.59 Å². The molecule has 1 atom stereocenters. The Morgan fingerprint density at radius 2 is 1.71 bits per heavy atom. The predicted molar refractivity (Wildman–Crippen MR) is 53.7 cm³/mol. The van der Waals surface area contributed by atoms with Crippen molar-refractivity contribution >= 4 is 11.7 Å². The molecule has 0 aliphatic carbocycles. The first-order chi connectivity index (χ1) is 6.40. The molecule has 1 unspecified atom stereocenters. The molecule has 0 aromatic carbocycles. The lowest BCUT2D eigenvalue weighted by molar-refractivity contribution is -0.131. The summed E-state index contributed by atoms with van der Waals surface area (Å²) in [5, 5.41) is 11.1. The van der Waals surface area contributed by atoms with Crippen molar-refractivity contribution in [2.24, 2.45) is 11.8 Å². The second-order valence-electron chi connectivity index (χ2n) is 4.00. The fraction of sp³-hybridized carbons (Fsp3) is 0.800. The first-order valence-electron chi connectivity index (χ1n) is 4.84. The highest BCUT2D eigenvalue weighted by Crippen LogP contribution is 2.08. The van der Waals surface area contributed by atoms with Gasteiger partial charge in [-0.15, -0.1) is 0 Å². The number of nitrogens with one attached hydrogen (secondary N) is 1. The number of hydrogen-bond donors (Lipinski definition) is 2. The molecule has 0 aliphatic rings. The van der Waals surface area contributed by atoms with Crippen molar-refractivity contribution in [3.8, 4) is 0 Å². The molecule has 0 heterocycles. The van der Waals surface area contributed by atoms with Gasteiger partial charge in [-0.05, 0) is 5.92 Å². The molecule has 82 valence electrons. The summed E-state index contributed by atoms with van der Waals surface area (Å²) in [6.07, 6.45) is 0. The smallest absolute Gasteiger partial charge is 0.246 e. The van der Waals surface area contributed by atoms with Gasteiger partial charge in [0.05, 0.1) is 6.04 Å². The molecule has 0 bridgehead atoms. The molecule has 0 aromatic rings. The summed E-state index contributed by atoms with van der Waals surface area (Å²) in [7, 11) is 0. The maximum Gasteiger partial charge on any atom is 0.246 e. The van der Waals surface area contributed by atoms with Crippen LogP contribution < -0.4 is 5.32 Å². The number of hydrogen-bond acceptors (Lipinski definition) is 3. The number of carbonyl (C=O) groups is 2. The zero-order valence-electron chi connectivity index (χ0n) is 9.20. The van der Waals surface area contributed by atoms with Crippen molar-refractivity contribution in [2.45, 2.75) is 33.7 Å². The van der Waals surface area contributed by atoms with Crippen LogP contribution in [0.15, 0.2) is 0 Å². The summed E-state index contributed by atoms with van der Waals surface area (Å²) >= 11 is 0. The lowest BCUT2D eigenvalue weighted by Crippen LogP contribution is -2.47. The van der Waals surface area contributed by atoms with E-state index in [0.717, 1.165) is 0 Å². The Morgan fingerprint density at radius 3 is 2.00 bits per heavy atom. The van der Waals surface area contributed by atoms with Gasteiger partial charge in [-0.25, -0.2) is 0 Å². The first kappa shape index (κ1) is 13.1. The highest BCUT2D eigenvalue weighted by atomic mass is 16.3. The molecule has 0 saturated carbocycles. The Hall–Kier alpha value is -0.900. The van der Waals surface area contributed by atoms with Crippen LogP contribution >= 0.6 is 0 Å². The zero-order chi connectivity index (χ0) is 11.3. The molecule has 0 aliphatic heterocycles. The van der Waals surface area contributed by atoms with Crippen molar-refractivity contribution < 1.29 is 14.7 Å². The van der Waals surface area contributed by atoms with E-state index < -0.39 is 18.6 Å². The van der Waals surface area contributed by atoms with Crippen molar-refractivity contribution in [2.75, 3.05) is 6.61 Å². The molecule has 4 heteroatoms. The summed E-state index contributed by atoms with van der Waals surface area (Å²) < 4.78 is 0. The molecule has 0 saturated heterocycles. The molecule has 0 spiro atoms. The topological polar surface area (TPSA) is 66.4 Å². The van der Waals surface area contributed by atoms with Crippen LogP contribution in [0.4, 0.5) is 0 Å². The van der Waals surface area contributed by atoms with Gasteiger partial charge < -0.3 is 10.4 Å². The Kier molecular flexibility index (Phi) is 5.38. The molecule has 14 heavy (non-hydrogen) atoms. The highest BCUT2D eigenvalue weighted by Gasteiger charge is 2.25. The van der Waals surface area contributed by atoms with E-state index >= 15 is 0 Å². The summed E-state index contributed by atoms with van der Waals surface area (Å²) in [4.78, 5) is 22.6. The van der Waals surface area contributed by atoms with E-state index in [1.54, 1.807) is 13.8 Å². The lowest BCUT2D eigenvalue weighted by Gasteiger charge is -2.22. The third-order valence-electron chi connectivity index (χ3n) is 2.00. The Labute approximate surface area is 84.7 Å². The van der Waals surface area contributed by atoms with Crippen molar-refractivity contribution in [1.29, 1.82) is 0 Å². The molecule has 2 N–H and O–H groups in total. The predicted octanol–water partition coefficient (Wildman–Crippen LogP) is 0.345. The van der Waals surface area contributed by atoms with Crippen LogP contribution in [-0.4, -0.2) is 29.4 Å². The molecule has 4 nitrogen and oxygen atoms in total. The molecule has 1 amide bonds. The van der Waals surface area contributed by atoms with Gasteiger partial charge in [0.25, 0.3) is 0 Å². The lowest BCUT2D eigenvalue weighted by atomic mass is 9.93. The van der Waals surface area contributed by atoms with Gasteiger partial charge in [-0.1, -0.05) is 27.7 Å². The fourth-order valence-electron chi connectivity index (χ4n) is 1.14. The van der Waals surface area contributed by atoms with E-state index in [9.17, 15) is 9.59 Å². The van der Waals surface area contributed by atoms with Crippen LogP contribution in [-0.2, 0) is 9.59 Å². The minimum Gasteiger partial charge on any atom is -0.387 e. The number of carbonyl (C=O) groups excluding carboxylic acids is 2. The molecule has 0 fully saturated rings. The number of Topliss-reactive ketones (excluding diaryl/α,β-unsaturated/α-hetero) is 1. The maximum absolute atomic E-state index is 11.6. The molecule has 0 aromatic heterocycles. The number of aliphatic hydroxyl groups is 1. The van der Waals surface area contributed by atoms with Crippen molar-refractivity contribution in [3.05, 3.63) is 0 Å². The van der Waals surface area contributed by atoms with Gasteiger partial charge >= 0.3 is 0 Å². The Balaban J connectivity index is 4.45. The minimum absolute atomic E-state index is 0.00167. The standard InChI is InChI=1S/C10H19NO3/c1-6(2)9(10(14)7(3)4)11-8(13)5-12/h6-7,9,12H,5H2,1-4H3,(H,11,13). The second-order valence-corrected chi connectivity index (χ2v) is 4.00. The van der Waals surface area contributed by atoms with Crippen molar-refractivity contribution in [3.63, 3.8) is 0 Å². The third-order valence-corrected chi connectivity index (χ3v) is 2.00. The van der Waals surface area contributed by atoms with Gasteiger partial charge in [0.15, 0.2) is 5.78 Å². The SMILES string of the molecule is CC(C)C(=O)C(NC(=O)CO)C(C)C. The van der Waals surface area contributed by atoms with Crippen LogP contribution in [0, 0.1) is 11.8 Å². The molecule has 0 radical (unpaired) electrons. The molecular weight excluding hydrogens is 182 g/mol. The summed E-state index contributed by atoms with van der Waals surface area (Å²) in [6, 6.07) is -0.491. The van der Waals surface area contributed by atoms with E-state index in [-0.39, 0.29) is 17.6 Å². The zero-order valence-corrected chi connectivity index (χ0v) is 9.20. The van der Waals surface area contributed by atoms with Crippen LogP contribution in [0.5, 0.6) is 0 Å². The van der Waals surface area contributed by atoms with Crippen LogP contribution in [0.1, 0.15) is 27.7 Å². The van der Waals surface area contributed by atoms with E-state index in [2.05, 4.69) is 5.32 Å². The minimum atomic E-state index is -0.575. The van der Waals surface area contributed by atoms with E-state index in [1.807, 2.05) is 13.8 Å². The fourth-order valence-corrected chi connectivity index (χ4v) is 1.14. The molecule has 0 rings (SSSR count). The summed E-state index contributed by atoms with van der Waals surface area (Å²) in [6.45, 7) is 6.74. The average molecular weight is 201 g/mol. The van der Waals surface area contributed by atoms with E-state index in [0.29, 0.717) is 0 Å². The Bertz CT molecular complexity index is 211. The highest BCUT2D eigenvalue weighted by molar-refractivity contribution is 5.90. The van der Waals surface area contributed by atoms with Crippen molar-refractivity contribution in [1.82, 2.24) is 5.32 Å². The summed E-state index contributed by atoms with van der Waals surface area (Å²) in [5.74, 6) is -0.568. The number of aliphatic hydroxyl groups excluding tert-OH is 1. The van der Waals surface area contributed by atoms with Gasteiger partial charge in [-0.2, -0.15) is 0 Å². The second kappa shape index (κ2) is 5.75. The quantitative estimate of drug-likeness (QED) is 0.674. The number of amides is 1. The van der Waals surface area contributed by atoms with Crippen LogP contribution in [0.25, 0.3) is 0 Å². The van der Waals surface area contributed by atoms with E-state index in [4.69, 9.17) is 5.11 Å². The summed E-state index contributed by atoms with van der Waals surface area (Å²) in [5.41, 5.74) is 0. The normalized spacial score (nSPS) is 13.1. The monoisotopic (exact) mass is 201 g/mol. The Morgan fingerprint density at radius 1 is 1.21 bits per heavy atom. The largest absolute Gasteiger partial charge is 0.387 e. The third kappa shape index (κ3) is 3.87. The number of ketones is 1. The van der Waals surface area contributed by atoms with Gasteiger partial charge in [0.1, 0.15) is 6.61 Å². The van der Waals surface area contributed by atoms with Gasteiger partial charge in [0.2, 0.25) is 5.91 Å². The molecular formula is C10H19NO3. The number of rotatable bonds is 5. The van der Waals surface area contributed by atoms with Gasteiger partial charge in [0, 0.05) is 5.92 Å². The maximum atomic E-state index is 11.6. The van der Waals surface area contributed by atoms with Crippen LogP contribution in [0.3, 0.4) is 0 Å². The first-order valence-corrected chi connectivity index (χ1v) is 4.84. The van der Waals surface area contributed by atoms with E-state index in [1.165, 1.54) is 0 Å². The van der Waals surface area contributed by atoms with Crippen LogP contribution in [0.2, 0.25) is 0 Å². The average Bonchev–Trinajstić information content (AvgIpc) is 2.11.